The van der Waals surface area contributed by atoms with Gasteiger partial charge in [-0.15, -0.1) is 6.58 Å². The predicted octanol–water partition coefficient (Wildman–Crippen LogP) is 3.61. The molecule has 8 heteroatoms. The maximum atomic E-state index is 12.6. The number of rotatable bonds is 8. The van der Waals surface area contributed by atoms with Crippen molar-refractivity contribution in [1.29, 1.82) is 0 Å². The molecule has 0 fully saturated rings. The third-order valence-electron chi connectivity index (χ3n) is 4.37. The first-order valence-electron chi connectivity index (χ1n) is 8.88. The Morgan fingerprint density at radius 3 is 2.59 bits per heavy atom. The fourth-order valence-corrected chi connectivity index (χ4v) is 3.98. The second-order valence-electron chi connectivity index (χ2n) is 6.47. The zero-order valence-corrected chi connectivity index (χ0v) is 17.0. The van der Waals surface area contributed by atoms with Crippen LogP contribution in [0.25, 0.3) is 11.0 Å². The fourth-order valence-electron chi connectivity index (χ4n) is 2.87. The third-order valence-corrected chi connectivity index (χ3v) is 5.69. The smallest absolute Gasteiger partial charge is 0.291 e. The van der Waals surface area contributed by atoms with E-state index in [1.165, 1.54) is 6.08 Å². The number of furan rings is 1. The molecule has 1 amide bonds. The lowest BCUT2D eigenvalue weighted by molar-refractivity contribution is 0.0998. The molecule has 0 saturated carbocycles. The second kappa shape index (κ2) is 8.50. The molecule has 3 rings (SSSR count). The van der Waals surface area contributed by atoms with E-state index in [0.717, 1.165) is 5.39 Å². The van der Waals surface area contributed by atoms with E-state index < -0.39 is 10.0 Å². The van der Waals surface area contributed by atoms with Gasteiger partial charge in [0.2, 0.25) is 10.0 Å². The third kappa shape index (κ3) is 4.85. The van der Waals surface area contributed by atoms with Crippen molar-refractivity contribution in [1.82, 2.24) is 4.72 Å². The maximum Gasteiger partial charge on any atom is 0.291 e. The molecule has 152 valence electrons. The molecule has 0 unspecified atom stereocenters. The average molecular weight is 414 g/mol. The molecule has 29 heavy (non-hydrogen) atoms. The molecule has 1 heterocycles. The van der Waals surface area contributed by atoms with E-state index in [-0.39, 0.29) is 24.0 Å². The minimum absolute atomic E-state index is 0.153. The van der Waals surface area contributed by atoms with Crippen molar-refractivity contribution in [3.05, 3.63) is 72.0 Å². The molecule has 0 radical (unpaired) electrons. The fraction of sp³-hybridized carbons (Fsp3) is 0.190. The van der Waals surface area contributed by atoms with Crippen LogP contribution in [0, 0.1) is 6.92 Å². The highest BCUT2D eigenvalue weighted by molar-refractivity contribution is 7.88. The molecule has 0 aliphatic heterocycles. The number of amides is 1. The van der Waals surface area contributed by atoms with E-state index in [2.05, 4.69) is 16.6 Å². The molecule has 0 spiro atoms. The summed E-state index contributed by atoms with van der Waals surface area (Å²) in [7, 11) is -1.86. The Morgan fingerprint density at radius 2 is 1.93 bits per heavy atom. The zero-order valence-electron chi connectivity index (χ0n) is 16.2. The quantitative estimate of drug-likeness (QED) is 0.549. The molecule has 3 aromatic rings. The van der Waals surface area contributed by atoms with Gasteiger partial charge in [0, 0.05) is 23.2 Å². The summed E-state index contributed by atoms with van der Waals surface area (Å²) in [6.45, 7) is 5.47. The van der Waals surface area contributed by atoms with Crippen LogP contribution in [0.4, 0.5) is 5.69 Å². The number of hydrogen-bond donors (Lipinski definition) is 2. The van der Waals surface area contributed by atoms with Crippen LogP contribution in [-0.4, -0.2) is 28.0 Å². The van der Waals surface area contributed by atoms with Crippen LogP contribution in [0.2, 0.25) is 0 Å². The number of nitrogens with one attached hydrogen (secondary N) is 2. The highest BCUT2D eigenvalue weighted by Gasteiger charge is 2.18. The van der Waals surface area contributed by atoms with Gasteiger partial charge < -0.3 is 14.5 Å². The van der Waals surface area contributed by atoms with Gasteiger partial charge in [-0.25, -0.2) is 13.1 Å². The Bertz CT molecular complexity index is 1150. The molecular formula is C21H22N2O5S. The minimum atomic E-state index is -3.44. The second-order valence-corrected chi connectivity index (χ2v) is 8.27. The van der Waals surface area contributed by atoms with Crippen LogP contribution < -0.4 is 14.8 Å². The van der Waals surface area contributed by atoms with E-state index in [4.69, 9.17) is 9.15 Å². The number of carbonyl (C=O) groups excluding carboxylic acids is 1. The van der Waals surface area contributed by atoms with Crippen LogP contribution >= 0.6 is 0 Å². The van der Waals surface area contributed by atoms with E-state index >= 15 is 0 Å². The van der Waals surface area contributed by atoms with Crippen molar-refractivity contribution >= 4 is 32.6 Å². The number of sulfonamides is 1. The van der Waals surface area contributed by atoms with Crippen LogP contribution in [0.1, 0.15) is 21.7 Å². The zero-order chi connectivity index (χ0) is 21.0. The first kappa shape index (κ1) is 20.6. The summed E-state index contributed by atoms with van der Waals surface area (Å²) in [5.74, 6) is 0.361. The van der Waals surface area contributed by atoms with Crippen molar-refractivity contribution in [3.63, 3.8) is 0 Å². The summed E-state index contributed by atoms with van der Waals surface area (Å²) < 4.78 is 37.2. The maximum absolute atomic E-state index is 12.6. The van der Waals surface area contributed by atoms with Gasteiger partial charge in [0.25, 0.3) is 5.91 Å². The van der Waals surface area contributed by atoms with Crippen LogP contribution in [0.15, 0.2) is 59.5 Å². The number of ether oxygens (including phenoxy) is 1. The molecule has 7 nitrogen and oxygen atoms in total. The molecular weight excluding hydrogens is 392 g/mol. The monoisotopic (exact) mass is 414 g/mol. The first-order chi connectivity index (χ1) is 13.8. The standard InChI is InChI=1S/C21H22N2O5S/c1-4-11-22-29(25,26)13-15-5-7-16(8-6-15)23-21(24)20-14(2)18-12-17(27-3)9-10-19(18)28-20/h4-10,12,22H,1,11,13H2,2-3H3,(H,23,24). The topological polar surface area (TPSA) is 97.6 Å². The Kier molecular flexibility index (Phi) is 6.05. The van der Waals surface area contributed by atoms with Crippen LogP contribution in [0.3, 0.4) is 0 Å². The largest absolute Gasteiger partial charge is 0.497 e. The van der Waals surface area contributed by atoms with Crippen LogP contribution in [0.5, 0.6) is 5.75 Å². The van der Waals surface area contributed by atoms with Gasteiger partial charge in [-0.1, -0.05) is 18.2 Å². The van der Waals surface area contributed by atoms with Gasteiger partial charge >= 0.3 is 0 Å². The van der Waals surface area contributed by atoms with Crippen molar-refractivity contribution in [2.75, 3.05) is 19.0 Å². The number of aryl methyl sites for hydroxylation is 1. The Balaban J connectivity index is 1.73. The molecule has 2 aromatic carbocycles. The normalized spacial score (nSPS) is 11.4. The molecule has 0 bridgehead atoms. The Hall–Kier alpha value is -3.10. The number of benzene rings is 2. The summed E-state index contributed by atoms with van der Waals surface area (Å²) in [5, 5.41) is 3.58. The summed E-state index contributed by atoms with van der Waals surface area (Å²) in [5.41, 5.74) is 2.45. The summed E-state index contributed by atoms with van der Waals surface area (Å²) in [4.78, 5) is 12.6. The molecule has 0 aliphatic rings. The van der Waals surface area contributed by atoms with Crippen molar-refractivity contribution in [2.45, 2.75) is 12.7 Å². The molecule has 2 N–H and O–H groups in total. The van der Waals surface area contributed by atoms with Crippen molar-refractivity contribution in [3.8, 4) is 5.75 Å². The van der Waals surface area contributed by atoms with Crippen molar-refractivity contribution in [2.24, 2.45) is 0 Å². The lowest BCUT2D eigenvalue weighted by atomic mass is 10.1. The highest BCUT2D eigenvalue weighted by atomic mass is 32.2. The van der Waals surface area contributed by atoms with Crippen LogP contribution in [-0.2, 0) is 15.8 Å². The van der Waals surface area contributed by atoms with E-state index in [9.17, 15) is 13.2 Å². The van der Waals surface area contributed by atoms with Gasteiger partial charge in [-0.05, 0) is 42.8 Å². The van der Waals surface area contributed by atoms with E-state index in [0.29, 0.717) is 28.1 Å². The SMILES string of the molecule is C=CCNS(=O)(=O)Cc1ccc(NC(=O)c2oc3ccc(OC)cc3c2C)cc1. The lowest BCUT2D eigenvalue weighted by Crippen LogP contribution is -2.25. The highest BCUT2D eigenvalue weighted by Crippen LogP contribution is 2.29. The Labute approximate surface area is 169 Å². The number of methoxy groups -OCH3 is 1. The number of fused-ring (bicyclic) bond motifs is 1. The lowest BCUT2D eigenvalue weighted by Gasteiger charge is -2.07. The van der Waals surface area contributed by atoms with Crippen molar-refractivity contribution < 1.29 is 22.4 Å². The summed E-state index contributed by atoms with van der Waals surface area (Å²) in [6, 6.07) is 11.9. The predicted molar refractivity (Wildman–Crippen MR) is 113 cm³/mol. The van der Waals surface area contributed by atoms with Gasteiger partial charge in [0.05, 0.1) is 12.9 Å². The number of anilines is 1. The summed E-state index contributed by atoms with van der Waals surface area (Å²) >= 11 is 0. The van der Waals surface area contributed by atoms with Gasteiger partial charge in [0.15, 0.2) is 5.76 Å². The molecule has 0 aliphatic carbocycles. The summed E-state index contributed by atoms with van der Waals surface area (Å²) in [6.07, 6.45) is 1.48. The average Bonchev–Trinajstić information content (AvgIpc) is 3.04. The minimum Gasteiger partial charge on any atom is -0.497 e. The van der Waals surface area contributed by atoms with Gasteiger partial charge in [-0.3, -0.25) is 4.79 Å². The van der Waals surface area contributed by atoms with Gasteiger partial charge in [-0.2, -0.15) is 0 Å². The number of hydrogen-bond acceptors (Lipinski definition) is 5. The van der Waals surface area contributed by atoms with E-state index in [1.54, 1.807) is 43.5 Å². The van der Waals surface area contributed by atoms with Gasteiger partial charge in [0.1, 0.15) is 11.3 Å². The molecule has 0 saturated heterocycles. The molecule has 0 atom stereocenters. The number of carbonyl (C=O) groups is 1. The molecule has 1 aromatic heterocycles. The van der Waals surface area contributed by atoms with E-state index in [1.807, 2.05) is 13.0 Å². The first-order valence-corrected chi connectivity index (χ1v) is 10.5. The Morgan fingerprint density at radius 1 is 1.21 bits per heavy atom.